The molecule has 94 valence electrons. The van der Waals surface area contributed by atoms with Gasteiger partial charge in [-0.2, -0.15) is 0 Å². The van der Waals surface area contributed by atoms with Crippen LogP contribution in [-0.2, 0) is 20.0 Å². The summed E-state index contributed by atoms with van der Waals surface area (Å²) in [5, 5.41) is 11.7. The molecule has 0 aliphatic heterocycles. The van der Waals surface area contributed by atoms with Crippen molar-refractivity contribution in [1.82, 2.24) is 4.57 Å². The van der Waals surface area contributed by atoms with Gasteiger partial charge in [0.1, 0.15) is 12.4 Å². The Balaban J connectivity index is 2.92. The zero-order valence-corrected chi connectivity index (χ0v) is 10.8. The van der Waals surface area contributed by atoms with Crippen LogP contribution in [0.5, 0.6) is 0 Å². The topological polar surface area (TPSA) is 41.4 Å². The highest BCUT2D eigenvalue weighted by Gasteiger charge is 2.17. The number of oxime groups is 1. The van der Waals surface area contributed by atoms with Gasteiger partial charge in [0, 0.05) is 0 Å². The maximum absolute atomic E-state index is 8.62. The molecule has 4 nitrogen and oxygen atoms in total. The van der Waals surface area contributed by atoms with Gasteiger partial charge in [-0.05, 0) is 12.8 Å². The molecule has 4 heteroatoms. The molecular weight excluding hydrogens is 214 g/mol. The van der Waals surface area contributed by atoms with Crippen molar-refractivity contribution in [2.45, 2.75) is 39.2 Å². The summed E-state index contributed by atoms with van der Waals surface area (Å²) in [6, 6.07) is 0. The minimum atomic E-state index is 0.821. The molecule has 1 aromatic rings. The minimum Gasteiger partial charge on any atom is -0.411 e. The first-order chi connectivity index (χ1) is 8.24. The highest BCUT2D eigenvalue weighted by molar-refractivity contribution is 5.75. The molecule has 0 fully saturated rings. The van der Waals surface area contributed by atoms with Crippen LogP contribution >= 0.6 is 0 Å². The zero-order valence-electron chi connectivity index (χ0n) is 10.8. The van der Waals surface area contributed by atoms with E-state index in [1.165, 1.54) is 31.3 Å². The van der Waals surface area contributed by atoms with Gasteiger partial charge in [0.2, 0.25) is 0 Å². The number of unbranched alkanes of at least 4 members (excludes halogenated alkanes) is 2. The molecular formula is C13H22N3O+. The van der Waals surface area contributed by atoms with E-state index in [0.29, 0.717) is 0 Å². The van der Waals surface area contributed by atoms with Gasteiger partial charge in [-0.1, -0.05) is 24.6 Å². The normalized spacial score (nSPS) is 11.2. The Morgan fingerprint density at radius 2 is 2.29 bits per heavy atom. The standard InChI is InChI=1S/C13H21N3O/c1-4-6-7-9-16-11-12(10-14-17)15(3)13(16)8-5-2/h5,10-11H,2,4,6-9H2,1,3H3/p+1. The van der Waals surface area contributed by atoms with E-state index < -0.39 is 0 Å². The highest BCUT2D eigenvalue weighted by Crippen LogP contribution is 2.03. The Labute approximate surface area is 103 Å². The average molecular weight is 236 g/mol. The summed E-state index contributed by atoms with van der Waals surface area (Å²) < 4.78 is 4.25. The maximum atomic E-state index is 8.62. The van der Waals surface area contributed by atoms with Crippen LogP contribution in [0.15, 0.2) is 24.0 Å². The van der Waals surface area contributed by atoms with Crippen molar-refractivity contribution in [1.29, 1.82) is 0 Å². The first kappa shape index (κ1) is 13.5. The summed E-state index contributed by atoms with van der Waals surface area (Å²) in [4.78, 5) is 0. The third-order valence-corrected chi connectivity index (χ3v) is 2.91. The third kappa shape index (κ3) is 3.44. The molecule has 1 rings (SSSR count). The molecule has 0 radical (unpaired) electrons. The molecule has 0 spiro atoms. The molecule has 0 amide bonds. The van der Waals surface area contributed by atoms with Crippen molar-refractivity contribution in [2.75, 3.05) is 0 Å². The van der Waals surface area contributed by atoms with Gasteiger partial charge in [-0.15, -0.1) is 6.58 Å². The summed E-state index contributed by atoms with van der Waals surface area (Å²) in [6.07, 6.45) is 9.82. The number of imidazole rings is 1. The lowest BCUT2D eigenvalue weighted by Gasteiger charge is -2.00. The second-order valence-electron chi connectivity index (χ2n) is 4.17. The smallest absolute Gasteiger partial charge is 0.260 e. The van der Waals surface area contributed by atoms with E-state index in [4.69, 9.17) is 5.21 Å². The molecule has 0 saturated heterocycles. The van der Waals surface area contributed by atoms with Crippen molar-refractivity contribution in [2.24, 2.45) is 12.2 Å². The summed E-state index contributed by atoms with van der Waals surface area (Å²) in [5.74, 6) is 1.19. The van der Waals surface area contributed by atoms with Crippen LogP contribution in [0.2, 0.25) is 0 Å². The Kier molecular flexibility index (Phi) is 5.46. The van der Waals surface area contributed by atoms with Crippen LogP contribution < -0.4 is 4.57 Å². The van der Waals surface area contributed by atoms with Crippen LogP contribution in [0, 0.1) is 0 Å². The summed E-state index contributed by atoms with van der Waals surface area (Å²) >= 11 is 0. The molecule has 0 aliphatic carbocycles. The van der Waals surface area contributed by atoms with E-state index in [-0.39, 0.29) is 0 Å². The number of hydrogen-bond donors (Lipinski definition) is 1. The van der Waals surface area contributed by atoms with E-state index in [0.717, 1.165) is 18.7 Å². The van der Waals surface area contributed by atoms with Crippen LogP contribution in [0.25, 0.3) is 0 Å². The number of aryl methyl sites for hydroxylation is 1. The molecule has 1 heterocycles. The van der Waals surface area contributed by atoms with E-state index in [2.05, 4.69) is 23.2 Å². The molecule has 0 saturated carbocycles. The van der Waals surface area contributed by atoms with Crippen LogP contribution in [0.1, 0.15) is 37.7 Å². The van der Waals surface area contributed by atoms with Gasteiger partial charge in [-0.3, -0.25) is 0 Å². The Morgan fingerprint density at radius 1 is 1.53 bits per heavy atom. The second kappa shape index (κ2) is 6.89. The van der Waals surface area contributed by atoms with Crippen molar-refractivity contribution < 1.29 is 9.77 Å². The largest absolute Gasteiger partial charge is 0.411 e. The van der Waals surface area contributed by atoms with E-state index in [9.17, 15) is 0 Å². The highest BCUT2D eigenvalue weighted by atomic mass is 16.4. The van der Waals surface area contributed by atoms with Gasteiger partial charge >= 0.3 is 0 Å². The number of allylic oxidation sites excluding steroid dienone is 1. The maximum Gasteiger partial charge on any atom is 0.260 e. The lowest BCUT2D eigenvalue weighted by atomic mass is 10.2. The van der Waals surface area contributed by atoms with Gasteiger partial charge in [0.25, 0.3) is 5.82 Å². The van der Waals surface area contributed by atoms with E-state index >= 15 is 0 Å². The zero-order chi connectivity index (χ0) is 12.7. The van der Waals surface area contributed by atoms with Gasteiger partial charge in [-0.25, -0.2) is 9.13 Å². The minimum absolute atomic E-state index is 0.821. The SMILES string of the molecule is C=CCc1n(C)c(C=NO)c[n+]1CCCCC. The number of rotatable bonds is 7. The molecule has 0 unspecified atom stereocenters. The predicted octanol–water partition coefficient (Wildman–Crippen LogP) is 2.04. The predicted molar refractivity (Wildman–Crippen MR) is 68.4 cm³/mol. The first-order valence-electron chi connectivity index (χ1n) is 6.11. The van der Waals surface area contributed by atoms with Crippen molar-refractivity contribution in [3.63, 3.8) is 0 Å². The molecule has 0 aliphatic rings. The summed E-state index contributed by atoms with van der Waals surface area (Å²) in [7, 11) is 1.98. The van der Waals surface area contributed by atoms with Gasteiger partial charge < -0.3 is 5.21 Å². The monoisotopic (exact) mass is 236 g/mol. The number of aromatic nitrogens is 2. The average Bonchev–Trinajstić information content (AvgIpc) is 2.60. The Morgan fingerprint density at radius 3 is 2.88 bits per heavy atom. The molecule has 1 N–H and O–H groups in total. The van der Waals surface area contributed by atoms with Crippen molar-refractivity contribution >= 4 is 6.21 Å². The van der Waals surface area contributed by atoms with Gasteiger partial charge in [0.05, 0.1) is 20.0 Å². The second-order valence-corrected chi connectivity index (χ2v) is 4.17. The number of nitrogens with zero attached hydrogens (tertiary/aromatic N) is 3. The lowest BCUT2D eigenvalue weighted by Crippen LogP contribution is -2.36. The van der Waals surface area contributed by atoms with Crippen LogP contribution in [0.3, 0.4) is 0 Å². The van der Waals surface area contributed by atoms with Gasteiger partial charge in [0.15, 0.2) is 5.69 Å². The summed E-state index contributed by atoms with van der Waals surface area (Å²) in [5.41, 5.74) is 0.904. The molecule has 1 aromatic heterocycles. The van der Waals surface area contributed by atoms with Crippen molar-refractivity contribution in [3.8, 4) is 0 Å². The molecule has 0 atom stereocenters. The quantitative estimate of drug-likeness (QED) is 0.193. The fraction of sp³-hybridized carbons (Fsp3) is 0.538. The van der Waals surface area contributed by atoms with E-state index in [1.807, 2.05) is 23.9 Å². The Hall–Kier alpha value is -1.58. The lowest BCUT2D eigenvalue weighted by molar-refractivity contribution is -0.703. The fourth-order valence-corrected chi connectivity index (χ4v) is 1.95. The van der Waals surface area contributed by atoms with Crippen LogP contribution in [0.4, 0.5) is 0 Å². The number of hydrogen-bond acceptors (Lipinski definition) is 2. The van der Waals surface area contributed by atoms with Crippen molar-refractivity contribution in [3.05, 3.63) is 30.4 Å². The molecule has 17 heavy (non-hydrogen) atoms. The molecule has 0 aromatic carbocycles. The molecule has 0 bridgehead atoms. The van der Waals surface area contributed by atoms with Crippen LogP contribution in [-0.4, -0.2) is 16.0 Å². The fourth-order valence-electron chi connectivity index (χ4n) is 1.95. The summed E-state index contributed by atoms with van der Waals surface area (Å²) in [6.45, 7) is 6.98. The third-order valence-electron chi connectivity index (χ3n) is 2.91. The first-order valence-corrected chi connectivity index (χ1v) is 6.11. The van der Waals surface area contributed by atoms with E-state index in [1.54, 1.807) is 0 Å². The Bertz CT molecular complexity index is 394.